The van der Waals surface area contributed by atoms with Crippen LogP contribution in [0.15, 0.2) is 24.3 Å². The molecule has 2 rings (SSSR count). The predicted molar refractivity (Wildman–Crippen MR) is 96.8 cm³/mol. The first-order valence-electron chi connectivity index (χ1n) is 7.33. The molecule has 1 amide bonds. The number of carbonyl (C=O) groups is 1. The van der Waals surface area contributed by atoms with Crippen LogP contribution in [-0.4, -0.2) is 31.7 Å². The number of benzene rings is 1. The Morgan fingerprint density at radius 2 is 2.04 bits per heavy atom. The van der Waals surface area contributed by atoms with Gasteiger partial charge in [-0.3, -0.25) is 4.79 Å². The number of hydrogen-bond donors (Lipinski definition) is 4. The molecule has 0 fully saturated rings. The molecule has 0 radical (unpaired) electrons. The Labute approximate surface area is 153 Å². The average molecular weight is 383 g/mol. The maximum absolute atomic E-state index is 12.9. The number of nitrogens with one attached hydrogen (secondary N) is 1. The fourth-order valence-corrected chi connectivity index (χ4v) is 3.23. The van der Waals surface area contributed by atoms with E-state index in [4.69, 9.17) is 18.0 Å². The largest absolute Gasteiger partial charge is 0.387 e. The van der Waals surface area contributed by atoms with E-state index in [1.54, 1.807) is 12.1 Å². The minimum atomic E-state index is -1.48. The number of aliphatic hydroxyl groups excluding tert-OH is 1. The number of thiazole rings is 1. The Morgan fingerprint density at radius 1 is 1.44 bits per heavy atom. The first kappa shape index (κ1) is 19.4. The van der Waals surface area contributed by atoms with Crippen molar-refractivity contribution >= 4 is 34.5 Å². The molecule has 1 aromatic heterocycles. The van der Waals surface area contributed by atoms with Gasteiger partial charge in [-0.05, 0) is 31.5 Å². The van der Waals surface area contributed by atoms with E-state index in [1.807, 2.05) is 0 Å². The van der Waals surface area contributed by atoms with Crippen LogP contribution < -0.4 is 11.1 Å². The van der Waals surface area contributed by atoms with E-state index < -0.39 is 17.6 Å². The van der Waals surface area contributed by atoms with Crippen molar-refractivity contribution in [1.29, 1.82) is 0 Å². The Morgan fingerprint density at radius 3 is 2.56 bits per heavy atom. The number of thiocarbonyl (C=S) groups is 1. The topological polar surface area (TPSA) is 108 Å². The van der Waals surface area contributed by atoms with Crippen molar-refractivity contribution in [3.8, 4) is 0 Å². The second kappa shape index (κ2) is 7.52. The molecule has 1 aromatic carbocycles. The number of nitrogens with two attached hydrogens (primary N) is 1. The van der Waals surface area contributed by atoms with E-state index in [1.165, 1.54) is 26.0 Å². The van der Waals surface area contributed by atoms with E-state index in [0.717, 1.165) is 11.3 Å². The summed E-state index contributed by atoms with van der Waals surface area (Å²) in [5, 5.41) is 23.2. The van der Waals surface area contributed by atoms with Gasteiger partial charge in [-0.1, -0.05) is 24.4 Å². The summed E-state index contributed by atoms with van der Waals surface area (Å²) in [5.74, 6) is -0.923. The molecule has 0 spiro atoms. The van der Waals surface area contributed by atoms with Gasteiger partial charge >= 0.3 is 0 Å². The molecule has 0 saturated carbocycles. The van der Waals surface area contributed by atoms with Gasteiger partial charge < -0.3 is 21.3 Å². The van der Waals surface area contributed by atoms with Crippen LogP contribution in [0.25, 0.3) is 0 Å². The predicted octanol–water partition coefficient (Wildman–Crippen LogP) is 1.65. The third-order valence-electron chi connectivity index (χ3n) is 3.36. The summed E-state index contributed by atoms with van der Waals surface area (Å²) in [4.78, 5) is 16.7. The monoisotopic (exact) mass is 383 g/mol. The number of nitrogens with zero attached hydrogens (tertiary/aromatic N) is 1. The lowest BCUT2D eigenvalue weighted by molar-refractivity contribution is -0.0482. The average Bonchev–Trinajstić information content (AvgIpc) is 2.97. The summed E-state index contributed by atoms with van der Waals surface area (Å²) in [6, 6.07) is 5.67. The van der Waals surface area contributed by atoms with Crippen molar-refractivity contribution in [2.24, 2.45) is 5.73 Å². The molecule has 0 aliphatic heterocycles. The Balaban J connectivity index is 2.25. The standard InChI is InChI=1S/C16H18FN3O3S2/c1-16(2,23)12(21)11-10(20-15(25-11)13(18)24)14(22)19-7-8-3-5-9(17)6-4-8/h3-6,12,21,23H,7H2,1-2H3,(H2,18,24)(H,19,22). The van der Waals surface area contributed by atoms with Crippen LogP contribution in [0.3, 0.4) is 0 Å². The van der Waals surface area contributed by atoms with Gasteiger partial charge in [0, 0.05) is 6.54 Å². The van der Waals surface area contributed by atoms with Crippen LogP contribution in [0.5, 0.6) is 0 Å². The van der Waals surface area contributed by atoms with Gasteiger partial charge in [-0.2, -0.15) is 0 Å². The second-order valence-corrected chi connectivity index (χ2v) is 7.43. The number of rotatable bonds is 6. The number of halogens is 1. The van der Waals surface area contributed by atoms with Gasteiger partial charge in [0.25, 0.3) is 5.91 Å². The SMILES string of the molecule is CC(C)(O)C(O)c1sc(C(N)=S)nc1C(=O)NCc1ccc(F)cc1. The molecule has 1 heterocycles. The molecule has 134 valence electrons. The molecule has 0 aliphatic carbocycles. The van der Waals surface area contributed by atoms with Gasteiger partial charge in [0.05, 0.1) is 10.5 Å². The number of amides is 1. The number of carbonyl (C=O) groups excluding carboxylic acids is 1. The van der Waals surface area contributed by atoms with Crippen LogP contribution in [0.1, 0.15) is 45.9 Å². The van der Waals surface area contributed by atoms with Gasteiger partial charge in [-0.15, -0.1) is 11.3 Å². The third kappa shape index (κ3) is 4.79. The highest BCUT2D eigenvalue weighted by Gasteiger charge is 2.33. The lowest BCUT2D eigenvalue weighted by Gasteiger charge is -2.23. The third-order valence-corrected chi connectivity index (χ3v) is 4.83. The zero-order valence-corrected chi connectivity index (χ0v) is 15.2. The van der Waals surface area contributed by atoms with Gasteiger partial charge in [-0.25, -0.2) is 9.37 Å². The van der Waals surface area contributed by atoms with E-state index >= 15 is 0 Å². The van der Waals surface area contributed by atoms with Gasteiger partial charge in [0.2, 0.25) is 0 Å². The molecule has 1 unspecified atom stereocenters. The lowest BCUT2D eigenvalue weighted by atomic mass is 9.99. The van der Waals surface area contributed by atoms with Crippen LogP contribution in [0.2, 0.25) is 0 Å². The fraction of sp³-hybridized carbons (Fsp3) is 0.312. The first-order valence-corrected chi connectivity index (χ1v) is 8.55. The van der Waals surface area contributed by atoms with Crippen molar-refractivity contribution in [3.63, 3.8) is 0 Å². The van der Waals surface area contributed by atoms with Gasteiger partial charge in [0.15, 0.2) is 5.01 Å². The van der Waals surface area contributed by atoms with Crippen LogP contribution in [0, 0.1) is 5.82 Å². The number of aliphatic hydroxyl groups is 2. The quantitative estimate of drug-likeness (QED) is 0.565. The molecule has 0 saturated heterocycles. The molecule has 9 heteroatoms. The van der Waals surface area contributed by atoms with Crippen molar-refractivity contribution in [2.75, 3.05) is 0 Å². The minimum absolute atomic E-state index is 0.00761. The molecular weight excluding hydrogens is 365 g/mol. The summed E-state index contributed by atoms with van der Waals surface area (Å²) < 4.78 is 12.9. The molecule has 2 aromatic rings. The molecule has 25 heavy (non-hydrogen) atoms. The highest BCUT2D eigenvalue weighted by Crippen LogP contribution is 2.32. The molecular formula is C16H18FN3O3S2. The molecule has 5 N–H and O–H groups in total. The Hall–Kier alpha value is -1.94. The van der Waals surface area contributed by atoms with E-state index in [9.17, 15) is 19.4 Å². The number of hydrogen-bond acceptors (Lipinski definition) is 6. The zero-order chi connectivity index (χ0) is 18.8. The summed E-state index contributed by atoms with van der Waals surface area (Å²) in [6.07, 6.45) is -1.33. The van der Waals surface area contributed by atoms with Crippen molar-refractivity contribution in [2.45, 2.75) is 32.1 Å². The highest BCUT2D eigenvalue weighted by atomic mass is 32.1. The number of aromatic nitrogens is 1. The Kier molecular flexibility index (Phi) is 5.83. The van der Waals surface area contributed by atoms with E-state index in [-0.39, 0.29) is 32.9 Å². The summed E-state index contributed by atoms with van der Waals surface area (Å²) >= 11 is 5.83. The maximum Gasteiger partial charge on any atom is 0.271 e. The minimum Gasteiger partial charge on any atom is -0.387 e. The maximum atomic E-state index is 12.9. The second-order valence-electron chi connectivity index (χ2n) is 5.96. The Bertz CT molecular complexity index is 785. The molecule has 0 aliphatic rings. The fourth-order valence-electron chi connectivity index (χ4n) is 1.97. The highest BCUT2D eigenvalue weighted by molar-refractivity contribution is 7.81. The smallest absolute Gasteiger partial charge is 0.271 e. The normalized spacial score (nSPS) is 12.7. The van der Waals surface area contributed by atoms with E-state index in [0.29, 0.717) is 5.56 Å². The lowest BCUT2D eigenvalue weighted by Crippen LogP contribution is -2.31. The summed E-state index contributed by atoms with van der Waals surface area (Å²) in [7, 11) is 0. The molecule has 1 atom stereocenters. The van der Waals surface area contributed by atoms with Gasteiger partial charge in [0.1, 0.15) is 22.6 Å². The van der Waals surface area contributed by atoms with Crippen molar-refractivity contribution in [3.05, 3.63) is 51.2 Å². The summed E-state index contributed by atoms with van der Waals surface area (Å²) in [5.41, 5.74) is 4.72. The van der Waals surface area contributed by atoms with Crippen molar-refractivity contribution < 1.29 is 19.4 Å². The molecule has 0 bridgehead atoms. The first-order chi connectivity index (χ1) is 11.6. The summed E-state index contributed by atoms with van der Waals surface area (Å²) in [6.45, 7) is 2.98. The zero-order valence-electron chi connectivity index (χ0n) is 13.6. The van der Waals surface area contributed by atoms with Crippen LogP contribution in [0.4, 0.5) is 4.39 Å². The van der Waals surface area contributed by atoms with Crippen LogP contribution in [-0.2, 0) is 6.54 Å². The van der Waals surface area contributed by atoms with Crippen LogP contribution >= 0.6 is 23.6 Å². The van der Waals surface area contributed by atoms with Crippen molar-refractivity contribution in [1.82, 2.24) is 10.3 Å². The molecule has 6 nitrogen and oxygen atoms in total. The van der Waals surface area contributed by atoms with E-state index in [2.05, 4.69) is 10.3 Å².